The van der Waals surface area contributed by atoms with E-state index >= 15 is 0 Å². The number of rotatable bonds is 2. The van der Waals surface area contributed by atoms with Crippen molar-refractivity contribution >= 4 is 17.1 Å². The van der Waals surface area contributed by atoms with E-state index in [0.717, 1.165) is 22.3 Å². The molecule has 1 N–H and O–H groups in total. The Hall–Kier alpha value is -1.35. The molecule has 0 spiro atoms. The summed E-state index contributed by atoms with van der Waals surface area (Å²) in [5.41, 5.74) is 4.76. The van der Waals surface area contributed by atoms with E-state index in [0.29, 0.717) is 5.69 Å². The minimum atomic E-state index is 0.0966. The summed E-state index contributed by atoms with van der Waals surface area (Å²) in [7, 11) is 0. The van der Waals surface area contributed by atoms with Crippen molar-refractivity contribution in [2.24, 2.45) is 0 Å². The van der Waals surface area contributed by atoms with Crippen LogP contribution in [0.5, 0.6) is 0 Å². The third-order valence-corrected chi connectivity index (χ3v) is 3.59. The smallest absolute Gasteiger partial charge is 0.210 e. The summed E-state index contributed by atoms with van der Waals surface area (Å²) >= 11 is 1.57. The molecule has 0 radical (unpaired) electrons. The molecule has 78 valence electrons. The molecular formula is C12H13NOS. The Balaban J connectivity index is 2.46. The van der Waals surface area contributed by atoms with Crippen LogP contribution in [0.4, 0.5) is 0 Å². The minimum absolute atomic E-state index is 0.0966. The quantitative estimate of drug-likeness (QED) is 0.773. The number of aromatic amines is 1. The summed E-state index contributed by atoms with van der Waals surface area (Å²) < 4.78 is 0. The van der Waals surface area contributed by atoms with E-state index < -0.39 is 0 Å². The van der Waals surface area contributed by atoms with E-state index in [9.17, 15) is 4.79 Å². The maximum atomic E-state index is 12.1. The van der Waals surface area contributed by atoms with Crippen molar-refractivity contribution in [3.05, 3.63) is 44.9 Å². The van der Waals surface area contributed by atoms with Crippen LogP contribution in [-0.4, -0.2) is 10.8 Å². The number of carbonyl (C=O) groups excluding carboxylic acids is 1. The molecule has 2 rings (SSSR count). The highest BCUT2D eigenvalue weighted by Crippen LogP contribution is 2.20. The molecule has 0 saturated carbocycles. The van der Waals surface area contributed by atoms with E-state index in [1.54, 1.807) is 11.3 Å². The summed E-state index contributed by atoms with van der Waals surface area (Å²) in [5, 5.41) is 3.91. The molecule has 0 unspecified atom stereocenters. The van der Waals surface area contributed by atoms with Crippen molar-refractivity contribution in [1.82, 2.24) is 4.98 Å². The minimum Gasteiger partial charge on any atom is -0.358 e. The Morgan fingerprint density at radius 1 is 1.20 bits per heavy atom. The lowest BCUT2D eigenvalue weighted by atomic mass is 10.0. The maximum absolute atomic E-state index is 12.1. The first-order valence-corrected chi connectivity index (χ1v) is 5.77. The number of hydrogen-bond donors (Lipinski definition) is 1. The van der Waals surface area contributed by atoms with Gasteiger partial charge in [-0.1, -0.05) is 0 Å². The average molecular weight is 219 g/mol. The molecule has 0 aromatic carbocycles. The Morgan fingerprint density at radius 2 is 1.93 bits per heavy atom. The fourth-order valence-electron chi connectivity index (χ4n) is 1.56. The van der Waals surface area contributed by atoms with Crippen molar-refractivity contribution in [3.8, 4) is 0 Å². The van der Waals surface area contributed by atoms with Gasteiger partial charge in [0.15, 0.2) is 0 Å². The van der Waals surface area contributed by atoms with Crippen molar-refractivity contribution in [3.63, 3.8) is 0 Å². The van der Waals surface area contributed by atoms with Gasteiger partial charge >= 0.3 is 0 Å². The molecule has 0 aliphatic carbocycles. The normalized spacial score (nSPS) is 10.6. The van der Waals surface area contributed by atoms with Crippen LogP contribution in [0, 0.1) is 20.8 Å². The zero-order valence-corrected chi connectivity index (χ0v) is 9.87. The Bertz CT molecular complexity index is 507. The Morgan fingerprint density at radius 3 is 2.40 bits per heavy atom. The van der Waals surface area contributed by atoms with Crippen molar-refractivity contribution in [2.75, 3.05) is 0 Å². The van der Waals surface area contributed by atoms with Gasteiger partial charge in [-0.15, -0.1) is 0 Å². The number of ketones is 1. The predicted molar refractivity (Wildman–Crippen MR) is 62.8 cm³/mol. The maximum Gasteiger partial charge on any atom is 0.210 e. The van der Waals surface area contributed by atoms with Gasteiger partial charge in [-0.05, 0) is 42.8 Å². The molecule has 0 atom stereocenters. The largest absolute Gasteiger partial charge is 0.358 e. The Labute approximate surface area is 93.0 Å². The van der Waals surface area contributed by atoms with Gasteiger partial charge in [-0.3, -0.25) is 4.79 Å². The molecule has 2 nitrogen and oxygen atoms in total. The SMILES string of the molecule is Cc1cscc1C(=O)c1[nH]cc(C)c1C. The van der Waals surface area contributed by atoms with Crippen LogP contribution in [0.25, 0.3) is 0 Å². The predicted octanol–water partition coefficient (Wildman–Crippen LogP) is 3.23. The number of aromatic nitrogens is 1. The van der Waals surface area contributed by atoms with E-state index in [2.05, 4.69) is 4.98 Å². The summed E-state index contributed by atoms with van der Waals surface area (Å²) in [6.45, 7) is 5.94. The molecule has 3 heteroatoms. The number of H-pyrrole nitrogens is 1. The molecule has 0 amide bonds. The molecule has 2 aromatic rings. The van der Waals surface area contributed by atoms with Crippen LogP contribution in [0.3, 0.4) is 0 Å². The van der Waals surface area contributed by atoms with Crippen LogP contribution in [0.1, 0.15) is 32.7 Å². The van der Waals surface area contributed by atoms with Gasteiger partial charge in [0.1, 0.15) is 0 Å². The van der Waals surface area contributed by atoms with Gasteiger partial charge in [0.05, 0.1) is 5.69 Å². The van der Waals surface area contributed by atoms with Gasteiger partial charge in [0.25, 0.3) is 0 Å². The van der Waals surface area contributed by atoms with Crippen LogP contribution in [0.2, 0.25) is 0 Å². The molecule has 15 heavy (non-hydrogen) atoms. The second-order valence-corrected chi connectivity index (χ2v) is 4.51. The number of carbonyl (C=O) groups is 1. The molecule has 0 fully saturated rings. The van der Waals surface area contributed by atoms with E-state index in [4.69, 9.17) is 0 Å². The van der Waals surface area contributed by atoms with Crippen LogP contribution >= 0.6 is 11.3 Å². The highest BCUT2D eigenvalue weighted by atomic mass is 32.1. The van der Waals surface area contributed by atoms with Crippen LogP contribution < -0.4 is 0 Å². The molecular weight excluding hydrogens is 206 g/mol. The summed E-state index contributed by atoms with van der Waals surface area (Å²) in [6.07, 6.45) is 1.88. The third kappa shape index (κ3) is 1.63. The average Bonchev–Trinajstić information content (AvgIpc) is 2.75. The van der Waals surface area contributed by atoms with Crippen molar-refractivity contribution in [2.45, 2.75) is 20.8 Å². The first kappa shape index (κ1) is 10.2. The standard InChI is InChI=1S/C12H13NOS/c1-7-4-13-11(9(7)3)12(14)10-6-15-5-8(10)2/h4-6,13H,1-3H3. The summed E-state index contributed by atoms with van der Waals surface area (Å²) in [6, 6.07) is 0. The Kier molecular flexibility index (Phi) is 2.49. The monoisotopic (exact) mass is 219 g/mol. The van der Waals surface area contributed by atoms with Gasteiger partial charge in [0.2, 0.25) is 5.78 Å². The number of hydrogen-bond acceptors (Lipinski definition) is 2. The van der Waals surface area contributed by atoms with Gasteiger partial charge in [-0.25, -0.2) is 0 Å². The molecule has 0 saturated heterocycles. The first-order chi connectivity index (χ1) is 7.11. The molecule has 0 bridgehead atoms. The summed E-state index contributed by atoms with van der Waals surface area (Å²) in [5.74, 6) is 0.0966. The second-order valence-electron chi connectivity index (χ2n) is 3.77. The highest BCUT2D eigenvalue weighted by Gasteiger charge is 2.16. The third-order valence-electron chi connectivity index (χ3n) is 2.73. The molecule has 0 aliphatic heterocycles. The fraction of sp³-hybridized carbons (Fsp3) is 0.250. The second kappa shape index (κ2) is 3.66. The van der Waals surface area contributed by atoms with Crippen LogP contribution in [-0.2, 0) is 0 Å². The zero-order valence-electron chi connectivity index (χ0n) is 9.05. The molecule has 0 aliphatic rings. The highest BCUT2D eigenvalue weighted by molar-refractivity contribution is 7.08. The number of nitrogens with one attached hydrogen (secondary N) is 1. The van der Waals surface area contributed by atoms with Gasteiger partial charge in [-0.2, -0.15) is 11.3 Å². The van der Waals surface area contributed by atoms with E-state index in [1.165, 1.54) is 0 Å². The zero-order chi connectivity index (χ0) is 11.0. The van der Waals surface area contributed by atoms with Crippen LogP contribution in [0.15, 0.2) is 17.0 Å². The lowest BCUT2D eigenvalue weighted by molar-refractivity contribution is 0.103. The fourth-order valence-corrected chi connectivity index (χ4v) is 2.39. The van der Waals surface area contributed by atoms with Gasteiger partial charge < -0.3 is 4.98 Å². The molecule has 2 heterocycles. The lowest BCUT2D eigenvalue weighted by Crippen LogP contribution is -2.03. The van der Waals surface area contributed by atoms with E-state index in [1.807, 2.05) is 37.7 Å². The topological polar surface area (TPSA) is 32.9 Å². The van der Waals surface area contributed by atoms with Crippen molar-refractivity contribution in [1.29, 1.82) is 0 Å². The number of thiophene rings is 1. The van der Waals surface area contributed by atoms with Gasteiger partial charge in [0, 0.05) is 17.1 Å². The molecule has 2 aromatic heterocycles. The number of aryl methyl sites for hydroxylation is 2. The van der Waals surface area contributed by atoms with E-state index in [-0.39, 0.29) is 5.78 Å². The van der Waals surface area contributed by atoms with Crippen molar-refractivity contribution < 1.29 is 4.79 Å². The first-order valence-electron chi connectivity index (χ1n) is 4.83. The lowest BCUT2D eigenvalue weighted by Gasteiger charge is -1.99. The summed E-state index contributed by atoms with van der Waals surface area (Å²) in [4.78, 5) is 15.2.